The molecule has 4 aromatic rings. The number of pyridine rings is 1. The van der Waals surface area contributed by atoms with Crippen molar-refractivity contribution in [2.75, 3.05) is 4.90 Å². The quantitative estimate of drug-likeness (QED) is 0.395. The van der Waals surface area contributed by atoms with Crippen molar-refractivity contribution in [2.24, 2.45) is 13.0 Å². The van der Waals surface area contributed by atoms with Gasteiger partial charge in [-0.15, -0.1) is 0 Å². The van der Waals surface area contributed by atoms with Gasteiger partial charge in [0.05, 0.1) is 5.69 Å². The second-order valence-corrected chi connectivity index (χ2v) is 8.93. The number of aryl methyl sites for hydroxylation is 1. The topological polar surface area (TPSA) is 96.4 Å². The number of fused-ring (bicyclic) bond motifs is 1. The van der Waals surface area contributed by atoms with E-state index in [1.807, 2.05) is 13.8 Å². The third-order valence-electron chi connectivity index (χ3n) is 6.15. The molecule has 5 rings (SSSR count). The van der Waals surface area contributed by atoms with Crippen LogP contribution in [0.15, 0.2) is 59.7 Å². The van der Waals surface area contributed by atoms with Gasteiger partial charge in [-0.3, -0.25) is 9.59 Å². The fourth-order valence-electron chi connectivity index (χ4n) is 4.31. The first-order chi connectivity index (χ1) is 17.2. The molecule has 1 aliphatic rings. The molecular formula is C26H22F2N4O4. The van der Waals surface area contributed by atoms with Gasteiger partial charge >= 0.3 is 6.03 Å². The average molecular weight is 492 g/mol. The smallest absolute Gasteiger partial charge is 0.329 e. The van der Waals surface area contributed by atoms with Crippen LogP contribution in [-0.2, 0) is 11.8 Å². The molecule has 1 saturated heterocycles. The van der Waals surface area contributed by atoms with Gasteiger partial charge in [0.25, 0.3) is 11.5 Å². The zero-order valence-corrected chi connectivity index (χ0v) is 19.6. The number of ether oxygens (including phenoxy) is 1. The number of urea groups is 1. The molecular weight excluding hydrogens is 470 g/mol. The summed E-state index contributed by atoms with van der Waals surface area (Å²) < 4.78 is 35.1. The molecule has 8 nitrogen and oxygen atoms in total. The highest BCUT2D eigenvalue weighted by atomic mass is 19.1. The van der Waals surface area contributed by atoms with Crippen molar-refractivity contribution >= 4 is 28.5 Å². The Labute approximate surface area is 204 Å². The molecule has 0 radical (unpaired) electrons. The lowest BCUT2D eigenvalue weighted by atomic mass is 10.0. The lowest BCUT2D eigenvalue weighted by Crippen LogP contribution is -2.34. The molecule has 2 aromatic heterocycles. The van der Waals surface area contributed by atoms with Gasteiger partial charge in [-0.1, -0.05) is 13.8 Å². The molecule has 3 heterocycles. The number of hydrogen-bond donors (Lipinski definition) is 2. The van der Waals surface area contributed by atoms with E-state index in [9.17, 15) is 23.2 Å². The monoisotopic (exact) mass is 492 g/mol. The number of benzene rings is 2. The van der Waals surface area contributed by atoms with Gasteiger partial charge in [-0.25, -0.2) is 18.5 Å². The number of amides is 3. The maximum Gasteiger partial charge on any atom is 0.329 e. The van der Waals surface area contributed by atoms with Crippen molar-refractivity contribution in [1.82, 2.24) is 14.9 Å². The summed E-state index contributed by atoms with van der Waals surface area (Å²) in [5, 5.41) is 3.26. The minimum absolute atomic E-state index is 0.113. The van der Waals surface area contributed by atoms with E-state index in [4.69, 9.17) is 4.74 Å². The highest BCUT2D eigenvalue weighted by Crippen LogP contribution is 2.40. The molecule has 1 atom stereocenters. The summed E-state index contributed by atoms with van der Waals surface area (Å²) in [5.74, 6) is -2.19. The fraction of sp³-hybridized carbons (Fsp3) is 0.192. The lowest BCUT2D eigenvalue weighted by molar-refractivity contribution is -0.119. The van der Waals surface area contributed by atoms with Crippen molar-refractivity contribution in [2.45, 2.75) is 19.9 Å². The van der Waals surface area contributed by atoms with Crippen LogP contribution in [0.3, 0.4) is 0 Å². The largest absolute Gasteiger partial charge is 0.454 e. The zero-order chi connectivity index (χ0) is 25.7. The van der Waals surface area contributed by atoms with Crippen LogP contribution in [0.2, 0.25) is 0 Å². The molecule has 0 saturated carbocycles. The molecule has 1 unspecified atom stereocenters. The van der Waals surface area contributed by atoms with Crippen LogP contribution >= 0.6 is 0 Å². The van der Waals surface area contributed by atoms with Crippen LogP contribution in [0.25, 0.3) is 22.0 Å². The second kappa shape index (κ2) is 8.63. The normalized spacial score (nSPS) is 15.7. The van der Waals surface area contributed by atoms with Crippen molar-refractivity contribution in [1.29, 1.82) is 0 Å². The highest BCUT2D eigenvalue weighted by Gasteiger charge is 2.40. The van der Waals surface area contributed by atoms with Crippen molar-refractivity contribution < 1.29 is 23.1 Å². The van der Waals surface area contributed by atoms with Crippen LogP contribution in [0.1, 0.15) is 13.8 Å². The Morgan fingerprint density at radius 2 is 1.72 bits per heavy atom. The molecule has 0 spiro atoms. The number of hydrogen-bond acceptors (Lipinski definition) is 4. The number of halogens is 2. The maximum absolute atomic E-state index is 14.4. The Hall–Kier alpha value is -4.47. The zero-order valence-electron chi connectivity index (χ0n) is 19.6. The number of imide groups is 1. The molecule has 2 N–H and O–H groups in total. The number of anilines is 1. The first-order valence-corrected chi connectivity index (χ1v) is 11.2. The van der Waals surface area contributed by atoms with Crippen LogP contribution in [0, 0.1) is 17.6 Å². The third kappa shape index (κ3) is 3.80. The summed E-state index contributed by atoms with van der Waals surface area (Å²) in [5.41, 5.74) is 1.30. The molecule has 10 heteroatoms. The van der Waals surface area contributed by atoms with Crippen molar-refractivity contribution in [3.63, 3.8) is 0 Å². The minimum atomic E-state index is -0.897. The van der Waals surface area contributed by atoms with E-state index >= 15 is 0 Å². The molecule has 2 aromatic carbocycles. The Bertz CT molecular complexity index is 1590. The maximum atomic E-state index is 14.4. The molecule has 36 heavy (non-hydrogen) atoms. The first kappa shape index (κ1) is 23.3. The number of H-pyrrole nitrogens is 1. The van der Waals surface area contributed by atoms with Gasteiger partial charge in [0, 0.05) is 42.0 Å². The fourth-order valence-corrected chi connectivity index (χ4v) is 4.31. The van der Waals surface area contributed by atoms with Crippen LogP contribution in [0.5, 0.6) is 11.5 Å². The highest BCUT2D eigenvalue weighted by molar-refractivity contribution is 6.21. The Kier molecular flexibility index (Phi) is 5.58. The average Bonchev–Trinajstić information content (AvgIpc) is 3.43. The summed E-state index contributed by atoms with van der Waals surface area (Å²) in [6.07, 6.45) is 3.21. The molecule has 0 bridgehead atoms. The standard InChI is InChI=1S/C26H22F2N4O4/c1-13(2)22-25(34)32(26(35)30-22)15-5-7-20(36-21-6-4-14(27)10-19(21)28)17(11-15)18-12-31(3)24(33)23-16(18)8-9-29-23/h4-13,22,29H,1-3H3,(H,30,35). The summed E-state index contributed by atoms with van der Waals surface area (Å²) in [6.45, 7) is 3.66. The summed E-state index contributed by atoms with van der Waals surface area (Å²) >= 11 is 0. The van der Waals surface area contributed by atoms with E-state index in [0.717, 1.165) is 11.0 Å². The lowest BCUT2D eigenvalue weighted by Gasteiger charge is -2.19. The predicted octanol–water partition coefficient (Wildman–Crippen LogP) is 4.68. The minimum Gasteiger partial charge on any atom is -0.454 e. The van der Waals surface area contributed by atoms with E-state index in [0.29, 0.717) is 28.1 Å². The Morgan fingerprint density at radius 1 is 0.972 bits per heavy atom. The summed E-state index contributed by atoms with van der Waals surface area (Å²) in [4.78, 5) is 42.3. The van der Waals surface area contributed by atoms with E-state index in [1.165, 1.54) is 22.8 Å². The third-order valence-corrected chi connectivity index (χ3v) is 6.15. The summed E-state index contributed by atoms with van der Waals surface area (Å²) in [7, 11) is 1.58. The van der Waals surface area contributed by atoms with Gasteiger partial charge in [-0.05, 0) is 42.3 Å². The van der Waals surface area contributed by atoms with Gasteiger partial charge in [0.2, 0.25) is 0 Å². The Morgan fingerprint density at radius 3 is 2.42 bits per heavy atom. The molecule has 1 fully saturated rings. The molecule has 184 valence electrons. The number of carbonyl (C=O) groups excluding carboxylic acids is 2. The molecule has 1 aliphatic heterocycles. The number of nitrogens with one attached hydrogen (secondary N) is 2. The second-order valence-electron chi connectivity index (χ2n) is 8.93. The SMILES string of the molecule is CC(C)C1NC(=O)N(c2ccc(Oc3ccc(F)cc3F)c(-c3cn(C)c(=O)c4[nH]ccc34)c2)C1=O. The van der Waals surface area contributed by atoms with Crippen LogP contribution in [-0.4, -0.2) is 27.5 Å². The van der Waals surface area contributed by atoms with Gasteiger partial charge < -0.3 is 19.6 Å². The molecule has 3 amide bonds. The first-order valence-electron chi connectivity index (χ1n) is 11.2. The van der Waals surface area contributed by atoms with Crippen molar-refractivity contribution in [3.05, 3.63) is 76.8 Å². The number of rotatable bonds is 5. The van der Waals surface area contributed by atoms with Crippen LogP contribution in [0.4, 0.5) is 19.3 Å². The van der Waals surface area contributed by atoms with Gasteiger partial charge in [0.1, 0.15) is 23.1 Å². The number of aromatic amines is 1. The van der Waals surface area contributed by atoms with E-state index < -0.39 is 29.6 Å². The number of carbonyl (C=O) groups is 2. The Balaban J connectivity index is 1.70. The van der Waals surface area contributed by atoms with E-state index in [1.54, 1.807) is 31.6 Å². The van der Waals surface area contributed by atoms with Gasteiger partial charge in [-0.2, -0.15) is 0 Å². The predicted molar refractivity (Wildman–Crippen MR) is 130 cm³/mol. The van der Waals surface area contributed by atoms with Gasteiger partial charge in [0.15, 0.2) is 11.6 Å². The molecule has 0 aliphatic carbocycles. The number of nitrogens with zero attached hydrogens (tertiary/aromatic N) is 2. The van der Waals surface area contributed by atoms with E-state index in [2.05, 4.69) is 10.3 Å². The van der Waals surface area contributed by atoms with Crippen LogP contribution < -0.4 is 20.5 Å². The summed E-state index contributed by atoms with van der Waals surface area (Å²) in [6, 6.07) is 8.01. The van der Waals surface area contributed by atoms with E-state index in [-0.39, 0.29) is 28.7 Å². The number of aromatic nitrogens is 2. The van der Waals surface area contributed by atoms with Crippen molar-refractivity contribution in [3.8, 4) is 22.6 Å².